The number of halogens is 1. The van der Waals surface area contributed by atoms with Crippen molar-refractivity contribution < 1.29 is 19.1 Å². The largest absolute Gasteiger partial charge is 0.465 e. The highest BCUT2D eigenvalue weighted by molar-refractivity contribution is 9.10. The Morgan fingerprint density at radius 2 is 1.92 bits per heavy atom. The summed E-state index contributed by atoms with van der Waals surface area (Å²) in [5.41, 5.74) is 2.26. The Hall–Kier alpha value is -2.38. The Labute approximate surface area is 160 Å². The number of hydrogen-bond donors (Lipinski definition) is 1. The zero-order valence-corrected chi connectivity index (χ0v) is 15.9. The minimum atomic E-state index is -0.440. The van der Waals surface area contributed by atoms with Crippen LogP contribution in [-0.2, 0) is 9.47 Å². The van der Waals surface area contributed by atoms with Crippen LogP contribution in [0.25, 0.3) is 0 Å². The molecule has 0 radical (unpaired) electrons. The van der Waals surface area contributed by atoms with E-state index < -0.39 is 5.97 Å². The average molecular weight is 419 g/mol. The second-order valence-corrected chi connectivity index (χ2v) is 6.70. The van der Waals surface area contributed by atoms with Gasteiger partial charge in [0.15, 0.2) is 0 Å². The Kier molecular flexibility index (Phi) is 5.90. The molecule has 0 spiro atoms. The fraction of sp³-hybridized carbons (Fsp3) is 0.263. The maximum atomic E-state index is 12.4. The van der Waals surface area contributed by atoms with Gasteiger partial charge in [-0.25, -0.2) is 4.79 Å². The van der Waals surface area contributed by atoms with Gasteiger partial charge >= 0.3 is 5.97 Å². The van der Waals surface area contributed by atoms with E-state index in [-0.39, 0.29) is 5.91 Å². The standard InChI is InChI=1S/C19H19BrN2O4/c1-25-19(24)16-12-15(5-6-17(16)22-7-9-26-10-8-22)21-18(23)13-3-2-4-14(20)11-13/h2-6,11-12H,7-10H2,1H3,(H,21,23). The third kappa shape index (κ3) is 4.23. The fourth-order valence-corrected chi connectivity index (χ4v) is 3.20. The number of benzene rings is 2. The molecule has 0 aliphatic carbocycles. The number of ether oxygens (including phenoxy) is 2. The first-order valence-corrected chi connectivity index (χ1v) is 9.00. The number of carbonyl (C=O) groups excluding carboxylic acids is 2. The third-order valence-electron chi connectivity index (χ3n) is 4.10. The topological polar surface area (TPSA) is 67.9 Å². The Morgan fingerprint density at radius 1 is 1.15 bits per heavy atom. The van der Waals surface area contributed by atoms with Gasteiger partial charge in [0, 0.05) is 28.8 Å². The molecular formula is C19H19BrN2O4. The van der Waals surface area contributed by atoms with Crippen LogP contribution in [0.5, 0.6) is 0 Å². The molecule has 2 aromatic carbocycles. The first kappa shape index (κ1) is 18.4. The quantitative estimate of drug-likeness (QED) is 0.771. The Bertz CT molecular complexity index is 819. The van der Waals surface area contributed by atoms with Gasteiger partial charge in [-0.05, 0) is 36.4 Å². The van der Waals surface area contributed by atoms with Crippen molar-refractivity contribution in [3.05, 3.63) is 58.1 Å². The van der Waals surface area contributed by atoms with Gasteiger partial charge in [-0.2, -0.15) is 0 Å². The first-order valence-electron chi connectivity index (χ1n) is 8.20. The molecule has 0 saturated carbocycles. The molecule has 0 aromatic heterocycles. The molecule has 26 heavy (non-hydrogen) atoms. The maximum Gasteiger partial charge on any atom is 0.340 e. The molecule has 136 valence electrons. The summed E-state index contributed by atoms with van der Waals surface area (Å²) in [5, 5.41) is 2.82. The molecule has 1 aliphatic rings. The molecule has 3 rings (SSSR count). The monoisotopic (exact) mass is 418 g/mol. The minimum Gasteiger partial charge on any atom is -0.465 e. The third-order valence-corrected chi connectivity index (χ3v) is 4.59. The van der Waals surface area contributed by atoms with Gasteiger partial charge in [-0.15, -0.1) is 0 Å². The lowest BCUT2D eigenvalue weighted by Gasteiger charge is -2.30. The summed E-state index contributed by atoms with van der Waals surface area (Å²) in [5.74, 6) is -0.689. The van der Waals surface area contributed by atoms with Crippen molar-refractivity contribution in [3.8, 4) is 0 Å². The molecule has 7 heteroatoms. The van der Waals surface area contributed by atoms with E-state index in [4.69, 9.17) is 9.47 Å². The molecule has 0 bridgehead atoms. The van der Waals surface area contributed by atoms with E-state index in [2.05, 4.69) is 26.1 Å². The van der Waals surface area contributed by atoms with Crippen LogP contribution in [0.1, 0.15) is 20.7 Å². The van der Waals surface area contributed by atoms with Crippen molar-refractivity contribution in [2.75, 3.05) is 43.6 Å². The number of anilines is 2. The van der Waals surface area contributed by atoms with Crippen LogP contribution in [-0.4, -0.2) is 45.3 Å². The number of methoxy groups -OCH3 is 1. The maximum absolute atomic E-state index is 12.4. The molecule has 1 N–H and O–H groups in total. The number of carbonyl (C=O) groups is 2. The Balaban J connectivity index is 1.86. The van der Waals surface area contributed by atoms with Crippen LogP contribution in [0.4, 0.5) is 11.4 Å². The predicted octanol–water partition coefficient (Wildman–Crippen LogP) is 3.32. The fourth-order valence-electron chi connectivity index (χ4n) is 2.80. The van der Waals surface area contributed by atoms with E-state index in [1.165, 1.54) is 7.11 Å². The molecule has 1 saturated heterocycles. The lowest BCUT2D eigenvalue weighted by atomic mass is 10.1. The van der Waals surface area contributed by atoms with Gasteiger partial charge in [0.05, 0.1) is 31.6 Å². The Morgan fingerprint density at radius 3 is 2.62 bits per heavy atom. The highest BCUT2D eigenvalue weighted by Gasteiger charge is 2.20. The number of nitrogens with zero attached hydrogens (tertiary/aromatic N) is 1. The number of rotatable bonds is 4. The van der Waals surface area contributed by atoms with E-state index >= 15 is 0 Å². The zero-order valence-electron chi connectivity index (χ0n) is 14.3. The van der Waals surface area contributed by atoms with E-state index in [1.54, 1.807) is 30.3 Å². The molecule has 6 nitrogen and oxygen atoms in total. The highest BCUT2D eigenvalue weighted by Crippen LogP contribution is 2.26. The van der Waals surface area contributed by atoms with E-state index in [0.29, 0.717) is 43.1 Å². The molecule has 0 atom stereocenters. The van der Waals surface area contributed by atoms with Crippen LogP contribution in [0.2, 0.25) is 0 Å². The summed E-state index contributed by atoms with van der Waals surface area (Å²) >= 11 is 3.35. The van der Waals surface area contributed by atoms with Crippen LogP contribution in [0.15, 0.2) is 46.9 Å². The molecule has 1 fully saturated rings. The summed E-state index contributed by atoms with van der Waals surface area (Å²) < 4.78 is 11.1. The van der Waals surface area contributed by atoms with Crippen molar-refractivity contribution in [1.29, 1.82) is 0 Å². The molecule has 1 heterocycles. The van der Waals surface area contributed by atoms with Crippen LogP contribution in [0, 0.1) is 0 Å². The van der Waals surface area contributed by atoms with Gasteiger partial charge in [0.2, 0.25) is 0 Å². The summed E-state index contributed by atoms with van der Waals surface area (Å²) in [6.07, 6.45) is 0. The van der Waals surface area contributed by atoms with Gasteiger partial charge in [-0.1, -0.05) is 22.0 Å². The first-order chi connectivity index (χ1) is 12.6. The number of hydrogen-bond acceptors (Lipinski definition) is 5. The summed E-state index contributed by atoms with van der Waals surface area (Å²) in [7, 11) is 1.35. The number of morpholine rings is 1. The normalized spacial score (nSPS) is 14.0. The summed E-state index contributed by atoms with van der Waals surface area (Å²) in [4.78, 5) is 26.7. The van der Waals surface area contributed by atoms with E-state index in [9.17, 15) is 9.59 Å². The summed E-state index contributed by atoms with van der Waals surface area (Å²) in [6, 6.07) is 12.4. The summed E-state index contributed by atoms with van der Waals surface area (Å²) in [6.45, 7) is 2.63. The second-order valence-electron chi connectivity index (χ2n) is 5.79. The van der Waals surface area contributed by atoms with Crippen LogP contribution >= 0.6 is 15.9 Å². The minimum absolute atomic E-state index is 0.249. The van der Waals surface area contributed by atoms with E-state index in [0.717, 1.165) is 10.2 Å². The van der Waals surface area contributed by atoms with Crippen LogP contribution in [0.3, 0.4) is 0 Å². The average Bonchev–Trinajstić information content (AvgIpc) is 2.68. The molecular weight excluding hydrogens is 400 g/mol. The lowest BCUT2D eigenvalue weighted by Crippen LogP contribution is -2.37. The lowest BCUT2D eigenvalue weighted by molar-refractivity contribution is 0.0600. The number of esters is 1. The molecule has 0 unspecified atom stereocenters. The van der Waals surface area contributed by atoms with Gasteiger partial charge in [0.1, 0.15) is 0 Å². The second kappa shape index (κ2) is 8.33. The van der Waals surface area contributed by atoms with Gasteiger partial charge in [0.25, 0.3) is 5.91 Å². The van der Waals surface area contributed by atoms with Crippen molar-refractivity contribution in [2.24, 2.45) is 0 Å². The molecule has 1 aliphatic heterocycles. The van der Waals surface area contributed by atoms with Crippen LogP contribution < -0.4 is 10.2 Å². The van der Waals surface area contributed by atoms with Crippen molar-refractivity contribution in [3.63, 3.8) is 0 Å². The van der Waals surface area contributed by atoms with E-state index in [1.807, 2.05) is 12.1 Å². The smallest absolute Gasteiger partial charge is 0.340 e. The molecule has 1 amide bonds. The van der Waals surface area contributed by atoms with Crippen molar-refractivity contribution >= 4 is 39.2 Å². The highest BCUT2D eigenvalue weighted by atomic mass is 79.9. The van der Waals surface area contributed by atoms with Gasteiger partial charge < -0.3 is 19.7 Å². The number of nitrogens with one attached hydrogen (secondary N) is 1. The molecule has 2 aromatic rings. The number of amides is 1. The SMILES string of the molecule is COC(=O)c1cc(NC(=O)c2cccc(Br)c2)ccc1N1CCOCC1. The van der Waals surface area contributed by atoms with Gasteiger partial charge in [-0.3, -0.25) is 4.79 Å². The van der Waals surface area contributed by atoms with Crippen molar-refractivity contribution in [1.82, 2.24) is 0 Å². The van der Waals surface area contributed by atoms with Crippen molar-refractivity contribution in [2.45, 2.75) is 0 Å². The zero-order chi connectivity index (χ0) is 18.5. The predicted molar refractivity (Wildman–Crippen MR) is 103 cm³/mol.